The Bertz CT molecular complexity index is 1160. The molecule has 29 heavy (non-hydrogen) atoms. The van der Waals surface area contributed by atoms with E-state index in [1.807, 2.05) is 45.0 Å². The van der Waals surface area contributed by atoms with Crippen molar-refractivity contribution in [2.45, 2.75) is 33.4 Å². The minimum absolute atomic E-state index is 0.0337. The van der Waals surface area contributed by atoms with Gasteiger partial charge in [0.05, 0.1) is 29.7 Å². The van der Waals surface area contributed by atoms with E-state index in [0.29, 0.717) is 17.0 Å². The number of amides is 1. The van der Waals surface area contributed by atoms with Gasteiger partial charge in [0.2, 0.25) is 0 Å². The summed E-state index contributed by atoms with van der Waals surface area (Å²) in [5, 5.41) is 17.4. The van der Waals surface area contributed by atoms with Crippen LogP contribution in [-0.2, 0) is 6.54 Å². The molecule has 3 N–H and O–H groups in total. The third-order valence-electron chi connectivity index (χ3n) is 4.67. The van der Waals surface area contributed by atoms with E-state index in [9.17, 15) is 4.79 Å². The molecule has 3 aromatic heterocycles. The van der Waals surface area contributed by atoms with E-state index in [-0.39, 0.29) is 11.9 Å². The van der Waals surface area contributed by atoms with Gasteiger partial charge >= 0.3 is 0 Å². The van der Waals surface area contributed by atoms with Gasteiger partial charge in [0.15, 0.2) is 5.65 Å². The quantitative estimate of drug-likeness (QED) is 0.465. The second-order valence-corrected chi connectivity index (χ2v) is 6.81. The first-order valence-electron chi connectivity index (χ1n) is 9.41. The van der Waals surface area contributed by atoms with Crippen molar-refractivity contribution >= 4 is 28.6 Å². The maximum atomic E-state index is 12.4. The number of carbonyl (C=O) groups is 1. The van der Waals surface area contributed by atoms with Crippen molar-refractivity contribution in [2.24, 2.45) is 0 Å². The summed E-state index contributed by atoms with van der Waals surface area (Å²) < 4.78 is 1.72. The van der Waals surface area contributed by atoms with Crippen LogP contribution in [0.25, 0.3) is 11.2 Å². The molecule has 0 unspecified atom stereocenters. The highest BCUT2D eigenvalue weighted by Crippen LogP contribution is 2.22. The maximum absolute atomic E-state index is 12.4. The second kappa shape index (κ2) is 7.70. The van der Waals surface area contributed by atoms with Crippen LogP contribution < -0.4 is 10.6 Å². The van der Waals surface area contributed by atoms with E-state index in [1.54, 1.807) is 23.3 Å². The highest BCUT2D eigenvalue weighted by atomic mass is 16.1. The number of rotatable bonds is 6. The Morgan fingerprint density at radius 1 is 1.31 bits per heavy atom. The van der Waals surface area contributed by atoms with Crippen LogP contribution in [0.5, 0.6) is 0 Å². The van der Waals surface area contributed by atoms with Crippen molar-refractivity contribution < 1.29 is 4.79 Å². The summed E-state index contributed by atoms with van der Waals surface area (Å²) in [5.74, 6) is 0.477. The van der Waals surface area contributed by atoms with Crippen molar-refractivity contribution in [3.63, 3.8) is 0 Å². The Labute approximate surface area is 167 Å². The van der Waals surface area contributed by atoms with Gasteiger partial charge in [-0.3, -0.25) is 14.6 Å². The first-order valence-corrected chi connectivity index (χ1v) is 9.41. The summed E-state index contributed by atoms with van der Waals surface area (Å²) >= 11 is 0. The fraction of sp³-hybridized carbons (Fsp3) is 0.250. The molecule has 0 aliphatic heterocycles. The Kier molecular flexibility index (Phi) is 4.94. The number of nitrogens with zero attached hydrogens (tertiary/aromatic N) is 5. The SMILES string of the molecule is CCn1cc(C(=O)Nc2cccc([C@H](C)Nc3cnc4n[nH]c(C)c4n3)c2)cn1. The Hall–Kier alpha value is -3.75. The molecule has 0 aliphatic rings. The molecule has 0 fully saturated rings. The predicted octanol–water partition coefficient (Wildman–Crippen LogP) is 3.30. The molecule has 0 aliphatic carbocycles. The molecule has 148 valence electrons. The Balaban J connectivity index is 1.48. The first-order chi connectivity index (χ1) is 14.0. The third-order valence-corrected chi connectivity index (χ3v) is 4.67. The zero-order chi connectivity index (χ0) is 20.4. The van der Waals surface area contributed by atoms with Gasteiger partial charge in [-0.05, 0) is 38.5 Å². The molecule has 9 nitrogen and oxygen atoms in total. The first kappa shape index (κ1) is 18.6. The molecule has 0 bridgehead atoms. The van der Waals surface area contributed by atoms with Gasteiger partial charge in [-0.1, -0.05) is 12.1 Å². The summed E-state index contributed by atoms with van der Waals surface area (Å²) in [5.41, 5.74) is 4.48. The van der Waals surface area contributed by atoms with E-state index >= 15 is 0 Å². The largest absolute Gasteiger partial charge is 0.362 e. The molecule has 1 atom stereocenters. The highest BCUT2D eigenvalue weighted by Gasteiger charge is 2.12. The van der Waals surface area contributed by atoms with Crippen LogP contribution in [-0.4, -0.2) is 35.9 Å². The Morgan fingerprint density at radius 3 is 2.97 bits per heavy atom. The number of hydrogen-bond acceptors (Lipinski definition) is 6. The standard InChI is InChI=1S/C20H22N8O/c1-4-28-11-15(9-22-28)20(29)24-16-7-5-6-14(8-16)12(2)23-17-10-21-19-18(25-17)13(3)26-27-19/h5-12H,4H2,1-3H3,(H,23,25)(H,24,29)(H,21,26,27)/t12-/m0/s1. The van der Waals surface area contributed by atoms with Crippen LogP contribution >= 0.6 is 0 Å². The van der Waals surface area contributed by atoms with Crippen molar-refractivity contribution in [1.29, 1.82) is 0 Å². The number of aryl methyl sites for hydroxylation is 2. The smallest absolute Gasteiger partial charge is 0.258 e. The van der Waals surface area contributed by atoms with E-state index < -0.39 is 0 Å². The van der Waals surface area contributed by atoms with E-state index in [2.05, 4.69) is 35.9 Å². The molecule has 0 saturated carbocycles. The lowest BCUT2D eigenvalue weighted by atomic mass is 10.1. The molecule has 4 aromatic rings. The summed E-state index contributed by atoms with van der Waals surface area (Å²) in [4.78, 5) is 21.3. The van der Waals surface area contributed by atoms with Crippen molar-refractivity contribution in [1.82, 2.24) is 29.9 Å². The lowest BCUT2D eigenvalue weighted by Crippen LogP contribution is -2.12. The van der Waals surface area contributed by atoms with Crippen LogP contribution in [0.2, 0.25) is 0 Å². The molecule has 1 aromatic carbocycles. The molecule has 0 saturated heterocycles. The van der Waals surface area contributed by atoms with Crippen molar-refractivity contribution in [3.8, 4) is 0 Å². The summed E-state index contributed by atoms with van der Waals surface area (Å²) in [6, 6.07) is 7.67. The topological polar surface area (TPSA) is 113 Å². The van der Waals surface area contributed by atoms with E-state index in [1.165, 1.54) is 0 Å². The number of hydrogen-bond donors (Lipinski definition) is 3. The number of aromatic nitrogens is 6. The van der Waals surface area contributed by atoms with Crippen LogP contribution in [0.1, 0.15) is 41.5 Å². The predicted molar refractivity (Wildman–Crippen MR) is 111 cm³/mol. The number of anilines is 2. The fourth-order valence-corrected chi connectivity index (χ4v) is 3.02. The number of fused-ring (bicyclic) bond motifs is 1. The number of nitrogens with one attached hydrogen (secondary N) is 3. The van der Waals surface area contributed by atoms with Gasteiger partial charge in [-0.15, -0.1) is 0 Å². The number of H-pyrrole nitrogens is 1. The summed E-state index contributed by atoms with van der Waals surface area (Å²) in [6.45, 7) is 6.63. The maximum Gasteiger partial charge on any atom is 0.258 e. The third kappa shape index (κ3) is 3.93. The van der Waals surface area contributed by atoms with Gasteiger partial charge in [-0.2, -0.15) is 10.2 Å². The minimum Gasteiger partial charge on any atom is -0.362 e. The molecule has 9 heteroatoms. The monoisotopic (exact) mass is 390 g/mol. The van der Waals surface area contributed by atoms with Crippen LogP contribution in [0.4, 0.5) is 11.5 Å². The highest BCUT2D eigenvalue weighted by molar-refractivity contribution is 6.03. The van der Waals surface area contributed by atoms with E-state index in [4.69, 9.17) is 0 Å². The zero-order valence-corrected chi connectivity index (χ0v) is 16.5. The Morgan fingerprint density at radius 2 is 2.17 bits per heavy atom. The average molecular weight is 390 g/mol. The molecule has 3 heterocycles. The van der Waals surface area contributed by atoms with Crippen molar-refractivity contribution in [3.05, 3.63) is 59.7 Å². The minimum atomic E-state index is -0.186. The molecule has 0 radical (unpaired) electrons. The van der Waals surface area contributed by atoms with Crippen LogP contribution in [0, 0.1) is 6.92 Å². The molecule has 0 spiro atoms. The van der Waals surface area contributed by atoms with E-state index in [0.717, 1.165) is 29.0 Å². The van der Waals surface area contributed by atoms with Gasteiger partial charge in [0.1, 0.15) is 11.3 Å². The molecular weight excluding hydrogens is 368 g/mol. The lowest BCUT2D eigenvalue weighted by molar-refractivity contribution is 0.102. The normalized spacial score (nSPS) is 12.1. The summed E-state index contributed by atoms with van der Waals surface area (Å²) in [6.07, 6.45) is 4.96. The van der Waals surface area contributed by atoms with Crippen LogP contribution in [0.3, 0.4) is 0 Å². The fourth-order valence-electron chi connectivity index (χ4n) is 3.02. The lowest BCUT2D eigenvalue weighted by Gasteiger charge is -2.16. The number of benzene rings is 1. The number of carbonyl (C=O) groups excluding carboxylic acids is 1. The van der Waals surface area contributed by atoms with Gasteiger partial charge in [0, 0.05) is 18.4 Å². The van der Waals surface area contributed by atoms with Gasteiger partial charge < -0.3 is 10.6 Å². The molecule has 4 rings (SSSR count). The van der Waals surface area contributed by atoms with Gasteiger partial charge in [-0.25, -0.2) is 9.97 Å². The van der Waals surface area contributed by atoms with Crippen molar-refractivity contribution in [2.75, 3.05) is 10.6 Å². The van der Waals surface area contributed by atoms with Crippen LogP contribution in [0.15, 0.2) is 42.9 Å². The molecule has 1 amide bonds. The summed E-state index contributed by atoms with van der Waals surface area (Å²) in [7, 11) is 0. The average Bonchev–Trinajstić information content (AvgIpc) is 3.35. The zero-order valence-electron chi connectivity index (χ0n) is 16.5. The molecular formula is C20H22N8O. The number of aromatic amines is 1. The van der Waals surface area contributed by atoms with Gasteiger partial charge in [0.25, 0.3) is 5.91 Å². The second-order valence-electron chi connectivity index (χ2n) is 6.81.